The van der Waals surface area contributed by atoms with Gasteiger partial charge in [0.2, 0.25) is 0 Å². The van der Waals surface area contributed by atoms with Gasteiger partial charge in [0.15, 0.2) is 0 Å². The first-order valence-corrected chi connectivity index (χ1v) is 12.3. The van der Waals surface area contributed by atoms with Gasteiger partial charge in [-0.2, -0.15) is 0 Å². The predicted molar refractivity (Wildman–Crippen MR) is 139 cm³/mol. The minimum Gasteiger partial charge on any atom is -0.491 e. The number of carbonyl (C=O) groups excluding carboxylic acids is 2. The van der Waals surface area contributed by atoms with Gasteiger partial charge in [-0.05, 0) is 56.1 Å². The Bertz CT molecular complexity index is 1050. The Morgan fingerprint density at radius 1 is 1.17 bits per heavy atom. The maximum atomic E-state index is 13.9. The van der Waals surface area contributed by atoms with Crippen molar-refractivity contribution in [1.29, 1.82) is 0 Å². The Morgan fingerprint density at radius 3 is 2.61 bits per heavy atom. The Labute approximate surface area is 212 Å². The number of anilines is 2. The number of fused-ring (bicyclic) bond motifs is 1. The lowest BCUT2D eigenvalue weighted by Crippen LogP contribution is -2.46. The van der Waals surface area contributed by atoms with Crippen molar-refractivity contribution < 1.29 is 23.5 Å². The van der Waals surface area contributed by atoms with Crippen molar-refractivity contribution in [2.24, 2.45) is 5.92 Å². The van der Waals surface area contributed by atoms with E-state index >= 15 is 0 Å². The minimum absolute atomic E-state index is 0.0609. The van der Waals surface area contributed by atoms with Gasteiger partial charge in [0.25, 0.3) is 5.91 Å². The van der Waals surface area contributed by atoms with E-state index in [4.69, 9.17) is 9.47 Å². The molecule has 1 heterocycles. The van der Waals surface area contributed by atoms with Crippen molar-refractivity contribution in [3.05, 3.63) is 53.8 Å². The van der Waals surface area contributed by atoms with Gasteiger partial charge in [-0.15, -0.1) is 0 Å². The van der Waals surface area contributed by atoms with Crippen LogP contribution >= 0.6 is 0 Å². The van der Waals surface area contributed by atoms with Crippen molar-refractivity contribution in [1.82, 2.24) is 9.80 Å². The largest absolute Gasteiger partial charge is 0.491 e. The molecule has 1 aliphatic heterocycles. The summed E-state index contributed by atoms with van der Waals surface area (Å²) in [6, 6.07) is 10.3. The zero-order valence-electron chi connectivity index (χ0n) is 21.7. The highest BCUT2D eigenvalue weighted by Crippen LogP contribution is 2.27. The Kier molecular flexibility index (Phi) is 9.66. The normalized spacial score (nSPS) is 21.6. The fourth-order valence-corrected chi connectivity index (χ4v) is 4.38. The number of halogens is 1. The summed E-state index contributed by atoms with van der Waals surface area (Å²) in [5.41, 5.74) is 0.779. The van der Waals surface area contributed by atoms with Crippen LogP contribution in [0, 0.1) is 11.7 Å². The summed E-state index contributed by atoms with van der Waals surface area (Å²) in [4.78, 5) is 29.9. The Morgan fingerprint density at radius 2 is 1.92 bits per heavy atom. The summed E-state index contributed by atoms with van der Waals surface area (Å²) < 4.78 is 25.8. The molecule has 0 spiro atoms. The molecule has 9 heteroatoms. The summed E-state index contributed by atoms with van der Waals surface area (Å²) in [6.07, 6.45) is 0.885. The number of hydrogen-bond donors (Lipinski definition) is 2. The minimum atomic E-state index is -0.618. The average Bonchev–Trinajstić information content (AvgIpc) is 2.86. The van der Waals surface area contributed by atoms with Crippen molar-refractivity contribution in [2.45, 2.75) is 39.3 Å². The molecule has 0 bridgehead atoms. The third-order valence-corrected chi connectivity index (χ3v) is 6.46. The molecule has 3 rings (SSSR count). The number of carbonyl (C=O) groups is 2. The molecule has 2 aromatic rings. The van der Waals surface area contributed by atoms with E-state index in [9.17, 15) is 14.0 Å². The number of ether oxygens (including phenoxy) is 2. The van der Waals surface area contributed by atoms with Gasteiger partial charge in [-0.1, -0.05) is 26.0 Å². The number of amides is 3. The highest BCUT2D eigenvalue weighted by Gasteiger charge is 2.28. The molecule has 0 fully saturated rings. The van der Waals surface area contributed by atoms with Crippen molar-refractivity contribution in [3.8, 4) is 5.75 Å². The van der Waals surface area contributed by atoms with Crippen LogP contribution in [0.15, 0.2) is 42.5 Å². The Hall–Kier alpha value is -3.17. The van der Waals surface area contributed by atoms with E-state index in [0.717, 1.165) is 19.5 Å². The molecule has 0 unspecified atom stereocenters. The number of para-hydroxylation sites is 1. The van der Waals surface area contributed by atoms with Gasteiger partial charge < -0.3 is 25.0 Å². The standard InChI is InChI=1S/C27H37FN4O4/c1-6-13-32-15-18(2)25(35-5)16-31(4)26(33)21-14-20(11-12-24(21)36-17-19(32)3)29-27(34)30-23-10-8-7-9-22(23)28/h7-12,14,18-19,25H,6,13,15-17H2,1-5H3,(H2,29,30,34)/t18-,19-,25-/m1/s1. The number of nitrogens with one attached hydrogen (secondary N) is 2. The summed E-state index contributed by atoms with van der Waals surface area (Å²) in [5, 5.41) is 5.15. The molecule has 196 valence electrons. The third-order valence-electron chi connectivity index (χ3n) is 6.46. The second kappa shape index (κ2) is 12.7. The zero-order valence-corrected chi connectivity index (χ0v) is 21.7. The number of rotatable bonds is 5. The lowest BCUT2D eigenvalue weighted by atomic mass is 10.0. The van der Waals surface area contributed by atoms with Crippen LogP contribution < -0.4 is 15.4 Å². The van der Waals surface area contributed by atoms with Gasteiger partial charge in [0, 0.05) is 39.0 Å². The molecule has 2 N–H and O–H groups in total. The van der Waals surface area contributed by atoms with Gasteiger partial charge in [0.1, 0.15) is 18.2 Å². The molecular weight excluding hydrogens is 463 g/mol. The van der Waals surface area contributed by atoms with Gasteiger partial charge in [-0.3, -0.25) is 9.69 Å². The maximum absolute atomic E-state index is 13.9. The first-order chi connectivity index (χ1) is 17.2. The Balaban J connectivity index is 1.87. The first kappa shape index (κ1) is 27.4. The second-order valence-corrected chi connectivity index (χ2v) is 9.36. The summed E-state index contributed by atoms with van der Waals surface area (Å²) >= 11 is 0. The van der Waals surface area contributed by atoms with E-state index in [1.165, 1.54) is 12.1 Å². The first-order valence-electron chi connectivity index (χ1n) is 12.3. The van der Waals surface area contributed by atoms with Crippen molar-refractivity contribution in [3.63, 3.8) is 0 Å². The van der Waals surface area contributed by atoms with Crippen LogP contribution in [0.4, 0.5) is 20.6 Å². The lowest BCUT2D eigenvalue weighted by Gasteiger charge is -2.35. The van der Waals surface area contributed by atoms with Crippen molar-refractivity contribution >= 4 is 23.3 Å². The molecule has 3 amide bonds. The molecule has 0 saturated heterocycles. The topological polar surface area (TPSA) is 83.1 Å². The van der Waals surface area contributed by atoms with E-state index < -0.39 is 11.8 Å². The highest BCUT2D eigenvalue weighted by molar-refractivity contribution is 6.02. The molecule has 0 aliphatic carbocycles. The van der Waals surface area contributed by atoms with Crippen LogP contribution in [0.1, 0.15) is 37.6 Å². The van der Waals surface area contributed by atoms with E-state index in [2.05, 4.69) is 36.3 Å². The van der Waals surface area contributed by atoms with Crippen LogP contribution in [-0.4, -0.2) is 74.3 Å². The summed E-state index contributed by atoms with van der Waals surface area (Å²) in [7, 11) is 3.40. The van der Waals surface area contributed by atoms with Crippen molar-refractivity contribution in [2.75, 3.05) is 51.0 Å². The van der Waals surface area contributed by atoms with Gasteiger partial charge in [-0.25, -0.2) is 9.18 Å². The van der Waals surface area contributed by atoms with Crippen LogP contribution in [-0.2, 0) is 4.74 Å². The molecule has 36 heavy (non-hydrogen) atoms. The molecule has 2 aromatic carbocycles. The van der Waals surface area contributed by atoms with Crippen LogP contribution in [0.25, 0.3) is 0 Å². The molecule has 3 atom stereocenters. The molecular formula is C27H37FN4O4. The monoisotopic (exact) mass is 500 g/mol. The van der Waals surface area contributed by atoms with Gasteiger partial charge >= 0.3 is 6.03 Å². The quantitative estimate of drug-likeness (QED) is 0.623. The molecule has 8 nitrogen and oxygen atoms in total. The maximum Gasteiger partial charge on any atom is 0.323 e. The highest BCUT2D eigenvalue weighted by atomic mass is 19.1. The van der Waals surface area contributed by atoms with Crippen LogP contribution in [0.5, 0.6) is 5.75 Å². The van der Waals surface area contributed by atoms with Gasteiger partial charge in [0.05, 0.1) is 17.4 Å². The van der Waals surface area contributed by atoms with E-state index in [0.29, 0.717) is 30.2 Å². The molecule has 0 radical (unpaired) electrons. The molecule has 0 saturated carbocycles. The number of likely N-dealkylation sites (N-methyl/N-ethyl adjacent to an activating group) is 1. The molecule has 1 aliphatic rings. The number of methoxy groups -OCH3 is 1. The number of nitrogens with zero attached hydrogens (tertiary/aromatic N) is 2. The lowest BCUT2D eigenvalue weighted by molar-refractivity contribution is 0.0108. The third kappa shape index (κ3) is 6.95. The van der Waals surface area contributed by atoms with E-state index in [-0.39, 0.29) is 29.7 Å². The number of urea groups is 1. The second-order valence-electron chi connectivity index (χ2n) is 9.36. The zero-order chi connectivity index (χ0) is 26.2. The van der Waals surface area contributed by atoms with E-state index in [1.54, 1.807) is 49.4 Å². The van der Waals surface area contributed by atoms with E-state index in [1.807, 2.05) is 0 Å². The summed E-state index contributed by atoms with van der Waals surface area (Å²) in [5.74, 6) is -0.134. The number of hydrogen-bond acceptors (Lipinski definition) is 5. The smallest absolute Gasteiger partial charge is 0.323 e. The van der Waals surface area contributed by atoms with Crippen LogP contribution in [0.3, 0.4) is 0 Å². The number of benzene rings is 2. The average molecular weight is 501 g/mol. The molecule has 0 aromatic heterocycles. The van der Waals surface area contributed by atoms with Crippen LogP contribution in [0.2, 0.25) is 0 Å². The fourth-order valence-electron chi connectivity index (χ4n) is 4.38. The summed E-state index contributed by atoms with van der Waals surface area (Å²) in [6.45, 7) is 9.01. The predicted octanol–water partition coefficient (Wildman–Crippen LogP) is 4.69. The fraction of sp³-hybridized carbons (Fsp3) is 0.481. The SMILES string of the molecule is CCCN1C[C@@H](C)[C@H](OC)CN(C)C(=O)c2cc(NC(=O)Nc3ccccc3F)ccc2OC[C@H]1C.